The number of aliphatic hydroxyl groups is 1. The Balaban J connectivity index is 2.38. The maximum atomic E-state index is 11.7. The first-order valence-electron chi connectivity index (χ1n) is 5.49. The zero-order valence-electron chi connectivity index (χ0n) is 9.92. The minimum Gasteiger partial charge on any atom is -0.465 e. The van der Waals surface area contributed by atoms with Crippen LogP contribution in [0.5, 0.6) is 0 Å². The number of hydrogen-bond acceptors (Lipinski definition) is 5. The zero-order valence-corrected chi connectivity index (χ0v) is 9.92. The van der Waals surface area contributed by atoms with Gasteiger partial charge in [-0.15, -0.1) is 0 Å². The Morgan fingerprint density at radius 1 is 1.56 bits per heavy atom. The minimum absolute atomic E-state index is 0.0713. The number of carbonyl (C=O) groups is 2. The van der Waals surface area contributed by atoms with E-state index in [-0.39, 0.29) is 18.9 Å². The van der Waals surface area contributed by atoms with Gasteiger partial charge in [0.25, 0.3) is 0 Å². The van der Waals surface area contributed by atoms with Crippen LogP contribution >= 0.6 is 0 Å². The van der Waals surface area contributed by atoms with E-state index in [1.54, 1.807) is 6.07 Å². The van der Waals surface area contributed by atoms with Crippen molar-refractivity contribution in [2.45, 2.75) is 12.5 Å². The van der Waals surface area contributed by atoms with Gasteiger partial charge in [0.15, 0.2) is 0 Å². The molecule has 1 aromatic carbocycles. The van der Waals surface area contributed by atoms with E-state index >= 15 is 0 Å². The molecular weight excluding hydrogens is 236 g/mol. The molecule has 0 aromatic heterocycles. The first kappa shape index (κ1) is 12.4. The number of nitrogens with zero attached hydrogens (tertiary/aromatic N) is 1. The van der Waals surface area contributed by atoms with Crippen LogP contribution in [-0.2, 0) is 9.53 Å². The number of ether oxygens (including phenoxy) is 1. The van der Waals surface area contributed by atoms with Crippen molar-refractivity contribution in [1.29, 1.82) is 0 Å². The highest BCUT2D eigenvalue weighted by Gasteiger charge is 2.30. The van der Waals surface area contributed by atoms with Gasteiger partial charge in [-0.25, -0.2) is 4.79 Å². The molecule has 6 nitrogen and oxygen atoms in total. The second kappa shape index (κ2) is 4.66. The molecule has 1 saturated heterocycles. The third-order valence-electron chi connectivity index (χ3n) is 2.85. The average molecular weight is 250 g/mol. The Labute approximate surface area is 104 Å². The fraction of sp³-hybridized carbons (Fsp3) is 0.333. The van der Waals surface area contributed by atoms with Crippen molar-refractivity contribution in [1.82, 2.24) is 0 Å². The fourth-order valence-electron chi connectivity index (χ4n) is 1.94. The molecule has 1 heterocycles. The second-order valence-corrected chi connectivity index (χ2v) is 4.13. The molecule has 2 rings (SSSR count). The molecule has 0 spiro atoms. The van der Waals surface area contributed by atoms with Crippen LogP contribution in [0, 0.1) is 0 Å². The van der Waals surface area contributed by atoms with Crippen molar-refractivity contribution in [3.05, 3.63) is 23.8 Å². The average Bonchev–Trinajstić information content (AvgIpc) is 2.68. The molecule has 1 amide bonds. The number of anilines is 2. The van der Waals surface area contributed by atoms with E-state index in [2.05, 4.69) is 4.74 Å². The van der Waals surface area contributed by atoms with Gasteiger partial charge in [-0.05, 0) is 18.2 Å². The molecule has 1 atom stereocenters. The van der Waals surface area contributed by atoms with Crippen LogP contribution in [0.3, 0.4) is 0 Å². The molecule has 1 aliphatic heterocycles. The molecule has 0 radical (unpaired) electrons. The number of benzene rings is 1. The molecular formula is C12H14N2O4. The van der Waals surface area contributed by atoms with E-state index in [0.717, 1.165) is 0 Å². The maximum absolute atomic E-state index is 11.7. The molecule has 18 heavy (non-hydrogen) atoms. The summed E-state index contributed by atoms with van der Waals surface area (Å²) in [5, 5.41) is 9.45. The topological polar surface area (TPSA) is 92.9 Å². The number of esters is 1. The number of nitrogens with two attached hydrogens (primary N) is 1. The zero-order chi connectivity index (χ0) is 13.3. The van der Waals surface area contributed by atoms with Gasteiger partial charge in [-0.1, -0.05) is 0 Å². The lowest BCUT2D eigenvalue weighted by molar-refractivity contribution is -0.117. The molecule has 6 heteroatoms. The number of rotatable bonds is 2. The lowest BCUT2D eigenvalue weighted by Crippen LogP contribution is -2.26. The number of aliphatic hydroxyl groups excluding tert-OH is 1. The van der Waals surface area contributed by atoms with Crippen LogP contribution in [0.1, 0.15) is 16.8 Å². The maximum Gasteiger partial charge on any atom is 0.337 e. The molecule has 1 aromatic rings. The van der Waals surface area contributed by atoms with E-state index in [1.807, 2.05) is 0 Å². The van der Waals surface area contributed by atoms with Crippen molar-refractivity contribution in [2.75, 3.05) is 24.3 Å². The highest BCUT2D eigenvalue weighted by Crippen LogP contribution is 2.28. The number of methoxy groups -OCH3 is 1. The number of hydrogen-bond donors (Lipinski definition) is 2. The van der Waals surface area contributed by atoms with Gasteiger partial charge in [0.2, 0.25) is 5.91 Å². The molecule has 0 bridgehead atoms. The van der Waals surface area contributed by atoms with E-state index < -0.39 is 12.1 Å². The summed E-state index contributed by atoms with van der Waals surface area (Å²) in [6.07, 6.45) is -0.624. The van der Waals surface area contributed by atoms with Crippen molar-refractivity contribution in [3.8, 4) is 0 Å². The van der Waals surface area contributed by atoms with Crippen LogP contribution in [0.25, 0.3) is 0 Å². The summed E-state index contributed by atoms with van der Waals surface area (Å²) in [7, 11) is 1.28. The third kappa shape index (κ3) is 2.14. The summed E-state index contributed by atoms with van der Waals surface area (Å²) in [5.41, 5.74) is 6.92. The van der Waals surface area contributed by atoms with Crippen LogP contribution in [0.4, 0.5) is 11.4 Å². The van der Waals surface area contributed by atoms with Crippen LogP contribution < -0.4 is 10.6 Å². The highest BCUT2D eigenvalue weighted by molar-refractivity contribution is 6.01. The summed E-state index contributed by atoms with van der Waals surface area (Å²) >= 11 is 0. The number of amides is 1. The van der Waals surface area contributed by atoms with Crippen LogP contribution in [0.15, 0.2) is 18.2 Å². The van der Waals surface area contributed by atoms with Crippen LogP contribution in [0.2, 0.25) is 0 Å². The quantitative estimate of drug-likeness (QED) is 0.576. The summed E-state index contributed by atoms with van der Waals surface area (Å²) in [5.74, 6) is -0.709. The number of carbonyl (C=O) groups excluding carboxylic acids is 2. The standard InChI is InChI=1S/C12H14N2O4/c1-18-12(17)7-2-3-9(13)10(4-7)14-6-8(15)5-11(14)16/h2-4,8,15H,5-6,13H2,1H3. The van der Waals surface area contributed by atoms with Crippen molar-refractivity contribution in [3.63, 3.8) is 0 Å². The van der Waals surface area contributed by atoms with Gasteiger partial charge in [-0.3, -0.25) is 4.79 Å². The normalized spacial score (nSPS) is 19.1. The minimum atomic E-state index is -0.696. The Morgan fingerprint density at radius 2 is 2.28 bits per heavy atom. The Morgan fingerprint density at radius 3 is 2.83 bits per heavy atom. The molecule has 96 valence electrons. The van der Waals surface area contributed by atoms with Gasteiger partial charge >= 0.3 is 5.97 Å². The fourth-order valence-corrected chi connectivity index (χ4v) is 1.94. The predicted octanol–water partition coefficient (Wildman–Crippen LogP) is 0.153. The predicted molar refractivity (Wildman–Crippen MR) is 65.2 cm³/mol. The lowest BCUT2D eigenvalue weighted by atomic mass is 10.1. The molecule has 1 aliphatic rings. The van der Waals surface area contributed by atoms with E-state index in [9.17, 15) is 14.7 Å². The Kier molecular flexibility index (Phi) is 3.20. The largest absolute Gasteiger partial charge is 0.465 e. The SMILES string of the molecule is COC(=O)c1ccc(N)c(N2CC(O)CC2=O)c1. The van der Waals surface area contributed by atoms with Gasteiger partial charge in [0.1, 0.15) is 0 Å². The summed E-state index contributed by atoms with van der Waals surface area (Å²) in [4.78, 5) is 24.5. The first-order chi connectivity index (χ1) is 8.52. The van der Waals surface area contributed by atoms with Gasteiger partial charge in [-0.2, -0.15) is 0 Å². The van der Waals surface area contributed by atoms with Gasteiger partial charge < -0.3 is 20.5 Å². The first-order valence-corrected chi connectivity index (χ1v) is 5.49. The monoisotopic (exact) mass is 250 g/mol. The summed E-state index contributed by atoms with van der Waals surface area (Å²) < 4.78 is 4.61. The number of nitrogen functional groups attached to an aromatic ring is 1. The van der Waals surface area contributed by atoms with Crippen molar-refractivity contribution < 1.29 is 19.4 Å². The molecule has 1 fully saturated rings. The lowest BCUT2D eigenvalue weighted by Gasteiger charge is -2.18. The van der Waals surface area contributed by atoms with Crippen molar-refractivity contribution >= 4 is 23.3 Å². The Hall–Kier alpha value is -2.08. The van der Waals surface area contributed by atoms with Gasteiger partial charge in [0.05, 0.1) is 43.1 Å². The van der Waals surface area contributed by atoms with E-state index in [0.29, 0.717) is 16.9 Å². The summed E-state index contributed by atoms with van der Waals surface area (Å²) in [6.45, 7) is 0.188. The van der Waals surface area contributed by atoms with E-state index in [4.69, 9.17) is 5.73 Å². The summed E-state index contributed by atoms with van der Waals surface area (Å²) in [6, 6.07) is 4.57. The molecule has 3 N–H and O–H groups in total. The molecule has 0 aliphatic carbocycles. The third-order valence-corrected chi connectivity index (χ3v) is 2.85. The molecule has 0 saturated carbocycles. The Bertz CT molecular complexity index is 501. The number of β-amino-alcohol motifs (C(OH)–C–C–N with tert-alkyl or cyclic N) is 1. The smallest absolute Gasteiger partial charge is 0.337 e. The highest BCUT2D eigenvalue weighted by atomic mass is 16.5. The van der Waals surface area contributed by atoms with Gasteiger partial charge in [0, 0.05) is 0 Å². The van der Waals surface area contributed by atoms with Crippen molar-refractivity contribution in [2.24, 2.45) is 0 Å². The second-order valence-electron chi connectivity index (χ2n) is 4.13. The molecule has 1 unspecified atom stereocenters. The van der Waals surface area contributed by atoms with Crippen LogP contribution in [-0.4, -0.2) is 36.7 Å². The van der Waals surface area contributed by atoms with E-state index in [1.165, 1.54) is 24.1 Å².